The van der Waals surface area contributed by atoms with Crippen LogP contribution in [-0.2, 0) is 24.3 Å². The molecule has 5 rings (SSSR count). The number of amides is 1. The number of rotatable bonds is 3. The maximum absolute atomic E-state index is 13.1. The Morgan fingerprint density at radius 3 is 2.89 bits per heavy atom. The first-order valence-corrected chi connectivity index (χ1v) is 9.93. The van der Waals surface area contributed by atoms with E-state index in [9.17, 15) is 4.79 Å². The van der Waals surface area contributed by atoms with Crippen LogP contribution in [0.4, 0.5) is 0 Å². The Balaban J connectivity index is 1.40. The van der Waals surface area contributed by atoms with E-state index in [-0.39, 0.29) is 18.5 Å². The Bertz CT molecular complexity index is 941. The number of likely N-dealkylation sites (tertiary alicyclic amines) is 1. The summed E-state index contributed by atoms with van der Waals surface area (Å²) in [6.07, 6.45) is 8.42. The lowest BCUT2D eigenvalue weighted by molar-refractivity contribution is -0.136. The fraction of sp³-hybridized carbons (Fsp3) is 0.500. The van der Waals surface area contributed by atoms with Crippen molar-refractivity contribution in [2.24, 2.45) is 0 Å². The fourth-order valence-electron chi connectivity index (χ4n) is 4.40. The van der Waals surface area contributed by atoms with E-state index in [0.717, 1.165) is 61.3 Å². The summed E-state index contributed by atoms with van der Waals surface area (Å²) in [6, 6.07) is 8.00. The SMILES string of the molecule is O=C(Cn1cc2ccccc2n1)N1CCCCC1c1nnc2n1CCCC2. The summed E-state index contributed by atoms with van der Waals surface area (Å²) < 4.78 is 4.01. The van der Waals surface area contributed by atoms with Crippen molar-refractivity contribution in [2.75, 3.05) is 6.54 Å². The first-order valence-electron chi connectivity index (χ1n) is 9.93. The van der Waals surface area contributed by atoms with Gasteiger partial charge in [-0.2, -0.15) is 5.10 Å². The summed E-state index contributed by atoms with van der Waals surface area (Å²) in [5.41, 5.74) is 0.923. The third-order valence-corrected chi connectivity index (χ3v) is 5.77. The normalized spacial score (nSPS) is 20.0. The molecule has 0 saturated carbocycles. The zero-order valence-electron chi connectivity index (χ0n) is 15.4. The number of piperidine rings is 1. The van der Waals surface area contributed by atoms with Crippen LogP contribution in [-0.4, -0.2) is 41.9 Å². The highest BCUT2D eigenvalue weighted by Crippen LogP contribution is 2.32. The molecule has 7 heteroatoms. The summed E-state index contributed by atoms with van der Waals surface area (Å²) in [7, 11) is 0. The van der Waals surface area contributed by atoms with Crippen molar-refractivity contribution in [3.05, 3.63) is 42.1 Å². The average molecular weight is 364 g/mol. The van der Waals surface area contributed by atoms with Gasteiger partial charge in [0.05, 0.1) is 11.6 Å². The highest BCUT2D eigenvalue weighted by Gasteiger charge is 2.33. The molecule has 1 unspecified atom stereocenters. The molecule has 0 aliphatic carbocycles. The van der Waals surface area contributed by atoms with Gasteiger partial charge in [0, 0.05) is 31.1 Å². The Kier molecular flexibility index (Phi) is 4.14. The van der Waals surface area contributed by atoms with E-state index < -0.39 is 0 Å². The number of hydrogen-bond acceptors (Lipinski definition) is 4. The van der Waals surface area contributed by atoms with Crippen molar-refractivity contribution in [1.29, 1.82) is 0 Å². The molecule has 2 aliphatic rings. The van der Waals surface area contributed by atoms with E-state index in [1.165, 1.54) is 12.8 Å². The van der Waals surface area contributed by atoms with Gasteiger partial charge in [-0.25, -0.2) is 0 Å². The van der Waals surface area contributed by atoms with Gasteiger partial charge in [-0.3, -0.25) is 9.48 Å². The van der Waals surface area contributed by atoms with Crippen LogP contribution in [0.3, 0.4) is 0 Å². The van der Waals surface area contributed by atoms with Crippen LogP contribution in [0.2, 0.25) is 0 Å². The van der Waals surface area contributed by atoms with Crippen molar-refractivity contribution >= 4 is 16.8 Å². The zero-order chi connectivity index (χ0) is 18.2. The summed E-state index contributed by atoms with van der Waals surface area (Å²) in [5.74, 6) is 2.16. The van der Waals surface area contributed by atoms with Gasteiger partial charge in [-0.1, -0.05) is 18.2 Å². The van der Waals surface area contributed by atoms with Crippen molar-refractivity contribution in [1.82, 2.24) is 29.4 Å². The van der Waals surface area contributed by atoms with Crippen LogP contribution < -0.4 is 0 Å². The lowest BCUT2D eigenvalue weighted by atomic mass is 10.0. The molecule has 7 nitrogen and oxygen atoms in total. The molecule has 27 heavy (non-hydrogen) atoms. The minimum Gasteiger partial charge on any atom is -0.331 e. The number of carbonyl (C=O) groups excluding carboxylic acids is 1. The van der Waals surface area contributed by atoms with Crippen molar-refractivity contribution in [3.63, 3.8) is 0 Å². The van der Waals surface area contributed by atoms with E-state index in [1.54, 1.807) is 4.68 Å². The van der Waals surface area contributed by atoms with Crippen LogP contribution >= 0.6 is 0 Å². The number of benzene rings is 1. The summed E-state index contributed by atoms with van der Waals surface area (Å²) in [4.78, 5) is 15.1. The van der Waals surface area contributed by atoms with Crippen LogP contribution in [0.5, 0.6) is 0 Å². The maximum Gasteiger partial charge on any atom is 0.244 e. The molecule has 1 amide bonds. The molecule has 140 valence electrons. The molecule has 0 spiro atoms. The van der Waals surface area contributed by atoms with E-state index in [1.807, 2.05) is 35.4 Å². The van der Waals surface area contributed by atoms with Crippen LogP contribution in [0, 0.1) is 0 Å². The Hall–Kier alpha value is -2.70. The predicted molar refractivity (Wildman–Crippen MR) is 101 cm³/mol. The van der Waals surface area contributed by atoms with Crippen LogP contribution in [0.25, 0.3) is 10.9 Å². The fourth-order valence-corrected chi connectivity index (χ4v) is 4.40. The maximum atomic E-state index is 13.1. The molecule has 1 atom stereocenters. The number of nitrogens with zero attached hydrogens (tertiary/aromatic N) is 6. The topological polar surface area (TPSA) is 68.8 Å². The van der Waals surface area contributed by atoms with Gasteiger partial charge in [-0.05, 0) is 38.2 Å². The molecule has 4 heterocycles. The molecule has 0 radical (unpaired) electrons. The second-order valence-corrected chi connectivity index (χ2v) is 7.57. The molecular weight excluding hydrogens is 340 g/mol. The standard InChI is InChI=1S/C20H24N6O/c27-19(14-24-13-15-7-1-2-8-16(15)23-24)25-11-5-3-9-17(25)20-22-21-18-10-4-6-12-26(18)20/h1-2,7-8,13,17H,3-6,9-12,14H2. The first-order chi connectivity index (χ1) is 13.3. The molecule has 2 aromatic heterocycles. The van der Waals surface area contributed by atoms with Crippen LogP contribution in [0.1, 0.15) is 49.8 Å². The van der Waals surface area contributed by atoms with Gasteiger partial charge in [0.2, 0.25) is 5.91 Å². The summed E-state index contributed by atoms with van der Waals surface area (Å²) >= 11 is 0. The van der Waals surface area contributed by atoms with Gasteiger partial charge in [0.15, 0.2) is 5.82 Å². The van der Waals surface area contributed by atoms with Gasteiger partial charge < -0.3 is 9.47 Å². The van der Waals surface area contributed by atoms with E-state index >= 15 is 0 Å². The summed E-state index contributed by atoms with van der Waals surface area (Å²) in [6.45, 7) is 2.03. The minimum atomic E-state index is 0.0376. The monoisotopic (exact) mass is 364 g/mol. The quantitative estimate of drug-likeness (QED) is 0.717. The lowest BCUT2D eigenvalue weighted by Gasteiger charge is -2.35. The van der Waals surface area contributed by atoms with Gasteiger partial charge in [0.1, 0.15) is 12.4 Å². The lowest BCUT2D eigenvalue weighted by Crippen LogP contribution is -2.41. The molecule has 2 aliphatic heterocycles. The number of carbonyl (C=O) groups is 1. The van der Waals surface area contributed by atoms with E-state index in [4.69, 9.17) is 0 Å². The number of hydrogen-bond donors (Lipinski definition) is 0. The van der Waals surface area contributed by atoms with E-state index in [0.29, 0.717) is 0 Å². The summed E-state index contributed by atoms with van der Waals surface area (Å²) in [5, 5.41) is 14.5. The Morgan fingerprint density at radius 1 is 1.07 bits per heavy atom. The number of aryl methyl sites for hydroxylation is 1. The van der Waals surface area contributed by atoms with Crippen molar-refractivity contribution in [2.45, 2.75) is 57.7 Å². The van der Waals surface area contributed by atoms with Gasteiger partial charge >= 0.3 is 0 Å². The Morgan fingerprint density at radius 2 is 1.96 bits per heavy atom. The highest BCUT2D eigenvalue weighted by atomic mass is 16.2. The second-order valence-electron chi connectivity index (χ2n) is 7.57. The van der Waals surface area contributed by atoms with Gasteiger partial charge in [0.25, 0.3) is 0 Å². The predicted octanol–water partition coefficient (Wildman–Crippen LogP) is 2.72. The molecule has 0 N–H and O–H groups in total. The first kappa shape index (κ1) is 16.5. The molecule has 0 bridgehead atoms. The number of aromatic nitrogens is 5. The third-order valence-electron chi connectivity index (χ3n) is 5.77. The molecule has 1 saturated heterocycles. The minimum absolute atomic E-state index is 0.0376. The van der Waals surface area contributed by atoms with Crippen molar-refractivity contribution in [3.8, 4) is 0 Å². The number of fused-ring (bicyclic) bond motifs is 2. The van der Waals surface area contributed by atoms with Crippen molar-refractivity contribution < 1.29 is 4.79 Å². The largest absolute Gasteiger partial charge is 0.331 e. The molecule has 1 aromatic carbocycles. The van der Waals surface area contributed by atoms with E-state index in [2.05, 4.69) is 19.9 Å². The molecular formula is C20H24N6O. The van der Waals surface area contributed by atoms with Gasteiger partial charge in [-0.15, -0.1) is 10.2 Å². The average Bonchev–Trinajstić information content (AvgIpc) is 3.31. The Labute approximate surface area is 158 Å². The second kappa shape index (κ2) is 6.79. The third kappa shape index (κ3) is 3.01. The highest BCUT2D eigenvalue weighted by molar-refractivity contribution is 5.80. The molecule has 1 fully saturated rings. The molecule has 3 aromatic rings. The van der Waals surface area contributed by atoms with Crippen LogP contribution in [0.15, 0.2) is 30.5 Å². The smallest absolute Gasteiger partial charge is 0.244 e. The zero-order valence-corrected chi connectivity index (χ0v) is 15.4.